The van der Waals surface area contributed by atoms with Gasteiger partial charge in [-0.05, 0) is 37.5 Å². The summed E-state index contributed by atoms with van der Waals surface area (Å²) in [5.41, 5.74) is 0.612. The topological polar surface area (TPSA) is 60.0 Å². The van der Waals surface area contributed by atoms with Gasteiger partial charge in [0.1, 0.15) is 13.2 Å². The van der Waals surface area contributed by atoms with Crippen molar-refractivity contribution in [1.82, 2.24) is 10.2 Å². The lowest BCUT2D eigenvalue weighted by Gasteiger charge is -2.34. The second kappa shape index (κ2) is 8.07. The Hall–Kier alpha value is -1.79. The molecule has 0 radical (unpaired) electrons. The summed E-state index contributed by atoms with van der Waals surface area (Å²) in [5.74, 6) is 1.69. The molecular weight excluding hydrogens is 344 g/mol. The van der Waals surface area contributed by atoms with E-state index in [1.807, 2.05) is 18.2 Å². The van der Waals surface area contributed by atoms with Gasteiger partial charge in [0, 0.05) is 25.7 Å². The van der Waals surface area contributed by atoms with Crippen molar-refractivity contribution in [3.05, 3.63) is 23.8 Å². The average molecular weight is 374 g/mol. The Balaban J connectivity index is 1.47. The van der Waals surface area contributed by atoms with Crippen LogP contribution in [0.2, 0.25) is 0 Å². The van der Waals surface area contributed by atoms with Crippen LogP contribution in [0.1, 0.15) is 38.2 Å². The molecule has 1 atom stereocenters. The minimum Gasteiger partial charge on any atom is -0.486 e. The zero-order valence-corrected chi connectivity index (χ0v) is 16.2. The highest BCUT2D eigenvalue weighted by atomic mass is 16.6. The number of nitrogens with one attached hydrogen (secondary N) is 1. The number of hydrogen-bond acceptors (Lipinski definition) is 5. The Morgan fingerprint density at radius 3 is 2.56 bits per heavy atom. The van der Waals surface area contributed by atoms with Crippen LogP contribution in [0.4, 0.5) is 0 Å². The van der Waals surface area contributed by atoms with Crippen LogP contribution in [0.25, 0.3) is 0 Å². The van der Waals surface area contributed by atoms with Gasteiger partial charge in [-0.15, -0.1) is 0 Å². The second-order valence-electron chi connectivity index (χ2n) is 7.86. The molecule has 0 spiro atoms. The van der Waals surface area contributed by atoms with Crippen molar-refractivity contribution in [2.75, 3.05) is 46.1 Å². The van der Waals surface area contributed by atoms with Crippen molar-refractivity contribution in [2.45, 2.75) is 44.1 Å². The molecule has 1 N–H and O–H groups in total. The van der Waals surface area contributed by atoms with Crippen LogP contribution in [-0.4, -0.2) is 62.9 Å². The van der Waals surface area contributed by atoms with E-state index in [1.54, 1.807) is 0 Å². The van der Waals surface area contributed by atoms with Crippen LogP contribution in [-0.2, 0) is 14.9 Å². The molecule has 148 valence electrons. The molecule has 0 aromatic heterocycles. The summed E-state index contributed by atoms with van der Waals surface area (Å²) in [6.07, 6.45) is 3.95. The first-order valence-corrected chi connectivity index (χ1v) is 10.2. The first-order chi connectivity index (χ1) is 13.2. The predicted molar refractivity (Wildman–Crippen MR) is 102 cm³/mol. The van der Waals surface area contributed by atoms with Crippen molar-refractivity contribution in [3.8, 4) is 11.5 Å². The van der Waals surface area contributed by atoms with E-state index in [1.165, 1.54) is 0 Å². The molecule has 6 heteroatoms. The molecular formula is C21H30N2O4. The van der Waals surface area contributed by atoms with Crippen LogP contribution in [0.3, 0.4) is 0 Å². The monoisotopic (exact) mass is 374 g/mol. The quantitative estimate of drug-likeness (QED) is 0.855. The van der Waals surface area contributed by atoms with E-state index in [-0.39, 0.29) is 5.91 Å². The minimum absolute atomic E-state index is 0.150. The number of rotatable bonds is 5. The molecule has 3 aliphatic rings. The van der Waals surface area contributed by atoms with Gasteiger partial charge < -0.3 is 19.5 Å². The smallest absolute Gasteiger partial charge is 0.230 e. The fourth-order valence-corrected chi connectivity index (χ4v) is 4.52. The summed E-state index contributed by atoms with van der Waals surface area (Å²) in [5, 5.41) is 3.25. The number of benzene rings is 1. The van der Waals surface area contributed by atoms with Crippen LogP contribution in [0, 0.1) is 0 Å². The van der Waals surface area contributed by atoms with Crippen LogP contribution in [0.15, 0.2) is 18.2 Å². The Bertz CT molecular complexity index is 666. The molecule has 2 heterocycles. The first-order valence-electron chi connectivity index (χ1n) is 10.2. The van der Waals surface area contributed by atoms with E-state index in [2.05, 4.69) is 17.1 Å². The summed E-state index contributed by atoms with van der Waals surface area (Å²) < 4.78 is 16.8. The summed E-state index contributed by atoms with van der Waals surface area (Å²) in [6.45, 7) is 7.42. The Labute approximate surface area is 161 Å². The largest absolute Gasteiger partial charge is 0.486 e. The van der Waals surface area contributed by atoms with Crippen molar-refractivity contribution in [2.24, 2.45) is 0 Å². The lowest BCUT2D eigenvalue weighted by Crippen LogP contribution is -2.50. The normalized spacial score (nSPS) is 23.0. The number of carbonyl (C=O) groups is 1. The molecule has 6 nitrogen and oxygen atoms in total. The van der Waals surface area contributed by atoms with E-state index in [4.69, 9.17) is 14.2 Å². The average Bonchev–Trinajstić information content (AvgIpc) is 3.23. The van der Waals surface area contributed by atoms with Crippen molar-refractivity contribution in [3.63, 3.8) is 0 Å². The molecule has 1 aromatic carbocycles. The van der Waals surface area contributed by atoms with Gasteiger partial charge in [-0.3, -0.25) is 9.69 Å². The number of morpholine rings is 1. The van der Waals surface area contributed by atoms with Gasteiger partial charge in [0.2, 0.25) is 5.91 Å². The maximum absolute atomic E-state index is 13.3. The molecule has 1 aliphatic carbocycles. The van der Waals surface area contributed by atoms with Crippen LogP contribution < -0.4 is 14.8 Å². The summed E-state index contributed by atoms with van der Waals surface area (Å²) >= 11 is 0. The van der Waals surface area contributed by atoms with E-state index in [0.717, 1.165) is 69.0 Å². The zero-order valence-electron chi connectivity index (χ0n) is 16.2. The van der Waals surface area contributed by atoms with Gasteiger partial charge in [-0.2, -0.15) is 0 Å². The van der Waals surface area contributed by atoms with Gasteiger partial charge in [0.05, 0.1) is 18.6 Å². The lowest BCUT2D eigenvalue weighted by atomic mass is 9.77. The Morgan fingerprint density at radius 1 is 1.11 bits per heavy atom. The zero-order chi connectivity index (χ0) is 18.7. The maximum atomic E-state index is 13.3. The van der Waals surface area contributed by atoms with E-state index < -0.39 is 5.41 Å². The van der Waals surface area contributed by atoms with Crippen molar-refractivity contribution < 1.29 is 19.0 Å². The summed E-state index contributed by atoms with van der Waals surface area (Å²) in [7, 11) is 0. The van der Waals surface area contributed by atoms with Gasteiger partial charge in [0.15, 0.2) is 11.5 Å². The fourth-order valence-electron chi connectivity index (χ4n) is 4.52. The number of carbonyl (C=O) groups excluding carboxylic acids is 1. The third-order valence-electron chi connectivity index (χ3n) is 6.21. The number of hydrogen-bond donors (Lipinski definition) is 1. The third-order valence-corrected chi connectivity index (χ3v) is 6.21. The molecule has 4 rings (SSSR count). The molecule has 2 fully saturated rings. The van der Waals surface area contributed by atoms with Gasteiger partial charge >= 0.3 is 0 Å². The summed E-state index contributed by atoms with van der Waals surface area (Å²) in [4.78, 5) is 15.7. The Morgan fingerprint density at radius 2 is 1.81 bits per heavy atom. The predicted octanol–water partition coefficient (Wildman–Crippen LogP) is 2.11. The Kier molecular flexibility index (Phi) is 5.55. The number of nitrogens with zero attached hydrogens (tertiary/aromatic N) is 1. The highest BCUT2D eigenvalue weighted by Crippen LogP contribution is 2.44. The van der Waals surface area contributed by atoms with E-state index in [9.17, 15) is 4.79 Å². The van der Waals surface area contributed by atoms with E-state index >= 15 is 0 Å². The second-order valence-corrected chi connectivity index (χ2v) is 7.86. The van der Waals surface area contributed by atoms with Crippen molar-refractivity contribution in [1.29, 1.82) is 0 Å². The third kappa shape index (κ3) is 3.78. The maximum Gasteiger partial charge on any atom is 0.230 e. The van der Waals surface area contributed by atoms with Gasteiger partial charge in [-0.25, -0.2) is 0 Å². The molecule has 27 heavy (non-hydrogen) atoms. The van der Waals surface area contributed by atoms with Gasteiger partial charge in [-0.1, -0.05) is 18.9 Å². The van der Waals surface area contributed by atoms with Crippen molar-refractivity contribution >= 4 is 5.91 Å². The molecule has 1 amide bonds. The molecule has 2 aliphatic heterocycles. The SMILES string of the molecule is C[C@H](CNC(=O)C1(c2ccc3c(c2)OCCO3)CCCC1)N1CCOCC1. The standard InChI is InChI=1S/C21H30N2O4/c1-16(23-8-10-25-11-9-23)15-22-20(24)21(6-2-3-7-21)17-4-5-18-19(14-17)27-13-12-26-18/h4-5,14,16H,2-3,6-13,15H2,1H3,(H,22,24)/t16-/m1/s1. The van der Waals surface area contributed by atoms with Gasteiger partial charge in [0.25, 0.3) is 0 Å². The number of ether oxygens (including phenoxy) is 3. The minimum atomic E-state index is -0.444. The molecule has 0 bridgehead atoms. The van der Waals surface area contributed by atoms with Crippen LogP contribution >= 0.6 is 0 Å². The molecule has 1 saturated carbocycles. The summed E-state index contributed by atoms with van der Waals surface area (Å²) in [6, 6.07) is 6.33. The number of amides is 1. The van der Waals surface area contributed by atoms with Crippen LogP contribution in [0.5, 0.6) is 11.5 Å². The molecule has 1 saturated heterocycles. The highest BCUT2D eigenvalue weighted by Gasteiger charge is 2.43. The fraction of sp³-hybridized carbons (Fsp3) is 0.667. The first kappa shape index (κ1) is 18.6. The van der Waals surface area contributed by atoms with E-state index in [0.29, 0.717) is 25.8 Å². The highest BCUT2D eigenvalue weighted by molar-refractivity contribution is 5.88. The number of fused-ring (bicyclic) bond motifs is 1. The lowest BCUT2D eigenvalue weighted by molar-refractivity contribution is -0.127. The molecule has 1 aromatic rings. The molecule has 0 unspecified atom stereocenters.